The molecule has 0 aliphatic carbocycles. The third-order valence-corrected chi connectivity index (χ3v) is 3.26. The molecule has 16 heavy (non-hydrogen) atoms. The molecule has 0 aromatic carbocycles. The van der Waals surface area contributed by atoms with E-state index in [0.29, 0.717) is 5.92 Å². The van der Waals surface area contributed by atoms with Gasteiger partial charge in [-0.05, 0) is 24.7 Å². The molecule has 0 N–H and O–H groups in total. The molecule has 0 fully saturated rings. The Morgan fingerprint density at radius 1 is 1.31 bits per heavy atom. The van der Waals surface area contributed by atoms with Crippen molar-refractivity contribution in [1.82, 2.24) is 0 Å². The molecule has 0 bridgehead atoms. The van der Waals surface area contributed by atoms with Gasteiger partial charge in [-0.25, -0.2) is 0 Å². The van der Waals surface area contributed by atoms with Gasteiger partial charge in [-0.1, -0.05) is 34.1 Å². The second-order valence-corrected chi connectivity index (χ2v) is 5.02. The standard InChI is InChI=1S/C14H25NO/c1-5-12(4)8-9-16-13-6-7-14(11(2)3)15-10-13/h10-12H,5-9H2,1-4H3. The lowest BCUT2D eigenvalue weighted by molar-refractivity contribution is 0.182. The van der Waals surface area contributed by atoms with Crippen LogP contribution in [0.3, 0.4) is 0 Å². The molecular formula is C14H25NO. The Morgan fingerprint density at radius 2 is 2.06 bits per heavy atom. The molecule has 1 atom stereocenters. The Kier molecular flexibility index (Phi) is 5.58. The third-order valence-electron chi connectivity index (χ3n) is 3.26. The summed E-state index contributed by atoms with van der Waals surface area (Å²) in [4.78, 5) is 4.46. The van der Waals surface area contributed by atoms with Crippen LogP contribution in [0, 0.1) is 11.8 Å². The topological polar surface area (TPSA) is 21.6 Å². The quantitative estimate of drug-likeness (QED) is 0.662. The van der Waals surface area contributed by atoms with Gasteiger partial charge in [0.25, 0.3) is 0 Å². The van der Waals surface area contributed by atoms with Gasteiger partial charge < -0.3 is 4.74 Å². The van der Waals surface area contributed by atoms with Gasteiger partial charge in [-0.3, -0.25) is 4.99 Å². The van der Waals surface area contributed by atoms with Crippen molar-refractivity contribution in [2.75, 3.05) is 6.61 Å². The summed E-state index contributed by atoms with van der Waals surface area (Å²) < 4.78 is 5.74. The molecular weight excluding hydrogens is 198 g/mol. The van der Waals surface area contributed by atoms with Crippen LogP contribution in [0.15, 0.2) is 17.0 Å². The van der Waals surface area contributed by atoms with E-state index < -0.39 is 0 Å². The van der Waals surface area contributed by atoms with Crippen molar-refractivity contribution in [3.05, 3.63) is 12.0 Å². The molecule has 92 valence electrons. The van der Waals surface area contributed by atoms with E-state index in [4.69, 9.17) is 4.74 Å². The maximum Gasteiger partial charge on any atom is 0.114 e. The van der Waals surface area contributed by atoms with E-state index in [1.165, 1.54) is 12.1 Å². The molecule has 1 unspecified atom stereocenters. The summed E-state index contributed by atoms with van der Waals surface area (Å²) in [7, 11) is 0. The molecule has 0 spiro atoms. The number of hydrogen-bond acceptors (Lipinski definition) is 2. The van der Waals surface area contributed by atoms with Crippen LogP contribution < -0.4 is 0 Å². The minimum absolute atomic E-state index is 0.568. The molecule has 0 aromatic rings. The summed E-state index contributed by atoms with van der Waals surface area (Å²) in [6.45, 7) is 9.73. The average Bonchev–Trinajstić information content (AvgIpc) is 2.29. The van der Waals surface area contributed by atoms with E-state index in [9.17, 15) is 0 Å². The molecule has 0 saturated heterocycles. The van der Waals surface area contributed by atoms with E-state index in [-0.39, 0.29) is 0 Å². The van der Waals surface area contributed by atoms with Gasteiger partial charge in [0, 0.05) is 12.1 Å². The van der Waals surface area contributed by atoms with Crippen LogP contribution in [-0.2, 0) is 4.74 Å². The summed E-state index contributed by atoms with van der Waals surface area (Å²) in [5.74, 6) is 2.39. The number of hydrogen-bond donors (Lipinski definition) is 0. The van der Waals surface area contributed by atoms with Crippen LogP contribution in [0.25, 0.3) is 0 Å². The van der Waals surface area contributed by atoms with Crippen molar-refractivity contribution in [1.29, 1.82) is 0 Å². The minimum Gasteiger partial charge on any atom is -0.496 e. The van der Waals surface area contributed by atoms with E-state index >= 15 is 0 Å². The van der Waals surface area contributed by atoms with E-state index in [2.05, 4.69) is 32.7 Å². The second-order valence-electron chi connectivity index (χ2n) is 5.02. The highest BCUT2D eigenvalue weighted by Crippen LogP contribution is 2.18. The molecule has 0 aromatic heterocycles. The van der Waals surface area contributed by atoms with Crippen LogP contribution in [0.2, 0.25) is 0 Å². The fourth-order valence-electron chi connectivity index (χ4n) is 1.68. The molecule has 0 amide bonds. The van der Waals surface area contributed by atoms with Crippen molar-refractivity contribution in [2.45, 2.75) is 53.4 Å². The molecule has 0 radical (unpaired) electrons. The van der Waals surface area contributed by atoms with Crippen molar-refractivity contribution in [3.8, 4) is 0 Å². The Hall–Kier alpha value is -0.790. The van der Waals surface area contributed by atoms with Gasteiger partial charge in [0.15, 0.2) is 0 Å². The Morgan fingerprint density at radius 3 is 2.56 bits per heavy atom. The van der Waals surface area contributed by atoms with Gasteiger partial charge >= 0.3 is 0 Å². The van der Waals surface area contributed by atoms with Crippen LogP contribution in [-0.4, -0.2) is 12.3 Å². The highest BCUT2D eigenvalue weighted by Gasteiger charge is 2.11. The van der Waals surface area contributed by atoms with Crippen LogP contribution in [0.5, 0.6) is 0 Å². The van der Waals surface area contributed by atoms with Crippen LogP contribution in [0.1, 0.15) is 53.4 Å². The maximum absolute atomic E-state index is 5.74. The lowest BCUT2D eigenvalue weighted by Gasteiger charge is -2.17. The number of ether oxygens (including phenoxy) is 1. The molecule has 1 rings (SSSR count). The fraction of sp³-hybridized carbons (Fsp3) is 0.786. The van der Waals surface area contributed by atoms with Gasteiger partial charge in [0.2, 0.25) is 0 Å². The van der Waals surface area contributed by atoms with Crippen LogP contribution >= 0.6 is 0 Å². The van der Waals surface area contributed by atoms with Crippen LogP contribution in [0.4, 0.5) is 0 Å². The first-order valence-corrected chi connectivity index (χ1v) is 6.51. The zero-order valence-electron chi connectivity index (χ0n) is 11.1. The highest BCUT2D eigenvalue weighted by molar-refractivity contribution is 5.87. The molecule has 1 aliphatic heterocycles. The lowest BCUT2D eigenvalue weighted by atomic mass is 10.0. The number of rotatable bonds is 6. The van der Waals surface area contributed by atoms with E-state index in [0.717, 1.165) is 37.5 Å². The summed E-state index contributed by atoms with van der Waals surface area (Å²) in [6, 6.07) is 0. The van der Waals surface area contributed by atoms with E-state index in [1.807, 2.05) is 6.20 Å². The minimum atomic E-state index is 0.568. The van der Waals surface area contributed by atoms with Crippen molar-refractivity contribution in [3.63, 3.8) is 0 Å². The number of nitrogens with zero attached hydrogens (tertiary/aromatic N) is 1. The Bertz CT molecular complexity index is 266. The zero-order chi connectivity index (χ0) is 12.0. The van der Waals surface area contributed by atoms with Gasteiger partial charge in [-0.15, -0.1) is 0 Å². The number of allylic oxidation sites excluding steroid dienone is 1. The predicted octanol–water partition coefficient (Wildman–Crippen LogP) is 4.17. The van der Waals surface area contributed by atoms with Gasteiger partial charge in [0.05, 0.1) is 12.8 Å². The first kappa shape index (κ1) is 13.3. The first-order chi connectivity index (χ1) is 7.63. The van der Waals surface area contributed by atoms with Crippen molar-refractivity contribution < 1.29 is 4.74 Å². The largest absolute Gasteiger partial charge is 0.496 e. The van der Waals surface area contributed by atoms with Gasteiger partial charge in [0.1, 0.15) is 5.76 Å². The Balaban J connectivity index is 2.29. The summed E-state index contributed by atoms with van der Waals surface area (Å²) in [6.07, 6.45) is 6.38. The molecule has 1 aliphatic rings. The first-order valence-electron chi connectivity index (χ1n) is 6.51. The smallest absolute Gasteiger partial charge is 0.114 e. The molecule has 0 saturated carbocycles. The van der Waals surface area contributed by atoms with E-state index in [1.54, 1.807) is 0 Å². The second kappa shape index (κ2) is 6.72. The average molecular weight is 223 g/mol. The maximum atomic E-state index is 5.74. The summed E-state index contributed by atoms with van der Waals surface area (Å²) >= 11 is 0. The molecule has 2 heteroatoms. The fourth-order valence-corrected chi connectivity index (χ4v) is 1.68. The zero-order valence-corrected chi connectivity index (χ0v) is 11.1. The number of aliphatic imine (C=N–C) groups is 1. The summed E-state index contributed by atoms with van der Waals surface area (Å²) in [5, 5.41) is 0. The SMILES string of the molecule is CCC(C)CCOC1=CN=C(C(C)C)CC1. The Labute approximate surface area is 99.8 Å². The van der Waals surface area contributed by atoms with Gasteiger partial charge in [-0.2, -0.15) is 0 Å². The highest BCUT2D eigenvalue weighted by atomic mass is 16.5. The predicted molar refractivity (Wildman–Crippen MR) is 69.6 cm³/mol. The van der Waals surface area contributed by atoms with Crippen molar-refractivity contribution in [2.24, 2.45) is 16.8 Å². The lowest BCUT2D eigenvalue weighted by Crippen LogP contribution is -2.12. The monoisotopic (exact) mass is 223 g/mol. The molecule has 1 heterocycles. The molecule has 2 nitrogen and oxygen atoms in total. The third kappa shape index (κ3) is 4.38. The normalized spacial score (nSPS) is 18.1. The summed E-state index contributed by atoms with van der Waals surface area (Å²) in [5.41, 5.74) is 1.30. The van der Waals surface area contributed by atoms with Crippen molar-refractivity contribution >= 4 is 5.71 Å².